The highest BCUT2D eigenvalue weighted by atomic mass is 32.2. The van der Waals surface area contributed by atoms with Gasteiger partial charge >= 0.3 is 11.9 Å². The van der Waals surface area contributed by atoms with Crippen molar-refractivity contribution >= 4 is 68.8 Å². The van der Waals surface area contributed by atoms with Gasteiger partial charge in [0.2, 0.25) is 0 Å². The Labute approximate surface area is 329 Å². The second-order valence-electron chi connectivity index (χ2n) is 13.7. The molecule has 9 nitrogen and oxygen atoms in total. The number of carbonyl (C=O) groups excluding carboxylic acids is 2. The van der Waals surface area contributed by atoms with Gasteiger partial charge in [-0.2, -0.15) is 0 Å². The molecule has 0 spiro atoms. The van der Waals surface area contributed by atoms with Crippen molar-refractivity contribution in [1.29, 1.82) is 0 Å². The Morgan fingerprint density at radius 3 is 1.55 bits per heavy atom. The molecule has 0 radical (unpaired) electrons. The van der Waals surface area contributed by atoms with Gasteiger partial charge < -0.3 is 32.8 Å². The maximum Gasteiger partial charge on any atom is 0.343 e. The molecule has 0 fully saturated rings. The van der Waals surface area contributed by atoms with Gasteiger partial charge in [-0.05, 0) is 85.6 Å². The fourth-order valence-corrected chi connectivity index (χ4v) is 9.45. The Kier molecular flexibility index (Phi) is 11.5. The molecule has 4 heterocycles. The number of nitrogens with zero attached hydrogens (tertiary/aromatic N) is 2. The standard InChI is InChI=1S/C44H44N2O7S2/c1-3-49-39(23-29-13-15-37-31(21-29)25-33(51-37)27-45-17-19-54-41-11-7-5-9-35(41)45)43(47)53-44(48)40(50-4-2)24-30-14-16-38-32(22-30)26-34(52-38)28-46-18-20-55-42-12-8-6-10-36(42)46/h5-16,21-22,25-26,39-40H,3-4,17-20,23-24,27-28H2,1-2H3. The summed E-state index contributed by atoms with van der Waals surface area (Å²) in [4.78, 5) is 34.2. The third kappa shape index (κ3) is 8.60. The summed E-state index contributed by atoms with van der Waals surface area (Å²) in [6.45, 7) is 7.43. The topological polar surface area (TPSA) is 94.6 Å². The van der Waals surface area contributed by atoms with E-state index in [9.17, 15) is 9.59 Å². The molecule has 11 heteroatoms. The van der Waals surface area contributed by atoms with Crippen LogP contribution in [0.15, 0.2) is 116 Å². The monoisotopic (exact) mass is 776 g/mol. The number of anilines is 2. The quantitative estimate of drug-likeness (QED) is 0.0784. The van der Waals surface area contributed by atoms with E-state index >= 15 is 0 Å². The van der Waals surface area contributed by atoms with E-state index in [-0.39, 0.29) is 26.1 Å². The Morgan fingerprint density at radius 1 is 0.636 bits per heavy atom. The van der Waals surface area contributed by atoms with Gasteiger partial charge in [-0.25, -0.2) is 9.59 Å². The lowest BCUT2D eigenvalue weighted by molar-refractivity contribution is -0.175. The third-order valence-electron chi connectivity index (χ3n) is 9.91. The van der Waals surface area contributed by atoms with Crippen molar-refractivity contribution in [2.45, 2.75) is 61.8 Å². The molecule has 2 unspecified atom stereocenters. The first-order valence-electron chi connectivity index (χ1n) is 18.9. The van der Waals surface area contributed by atoms with Crippen LogP contribution in [0.25, 0.3) is 21.9 Å². The van der Waals surface area contributed by atoms with Crippen LogP contribution >= 0.6 is 23.5 Å². The second kappa shape index (κ2) is 17.0. The molecular formula is C44H44N2O7S2. The molecule has 6 aromatic rings. The molecule has 4 aromatic carbocycles. The van der Waals surface area contributed by atoms with Crippen molar-refractivity contribution in [3.8, 4) is 0 Å². The highest BCUT2D eigenvalue weighted by molar-refractivity contribution is 7.99. The van der Waals surface area contributed by atoms with Gasteiger partial charge in [-0.3, -0.25) is 0 Å². The lowest BCUT2D eigenvalue weighted by atomic mass is 10.1. The normalized spacial score (nSPS) is 15.2. The molecule has 0 N–H and O–H groups in total. The molecule has 8 rings (SSSR count). The Hall–Kier alpha value is -4.68. The van der Waals surface area contributed by atoms with Crippen molar-refractivity contribution < 1.29 is 32.6 Å². The predicted molar refractivity (Wildman–Crippen MR) is 218 cm³/mol. The average molecular weight is 777 g/mol. The summed E-state index contributed by atoms with van der Waals surface area (Å²) in [6, 6.07) is 32.7. The van der Waals surface area contributed by atoms with E-state index < -0.39 is 24.1 Å². The molecule has 2 atom stereocenters. The van der Waals surface area contributed by atoms with Crippen LogP contribution in [0.3, 0.4) is 0 Å². The van der Waals surface area contributed by atoms with Crippen LogP contribution in [-0.2, 0) is 49.7 Å². The zero-order chi connectivity index (χ0) is 37.7. The van der Waals surface area contributed by atoms with Crippen molar-refractivity contribution in [2.75, 3.05) is 47.6 Å². The summed E-state index contributed by atoms with van der Waals surface area (Å²) >= 11 is 3.76. The predicted octanol–water partition coefficient (Wildman–Crippen LogP) is 9.07. The van der Waals surface area contributed by atoms with E-state index in [0.29, 0.717) is 13.1 Å². The van der Waals surface area contributed by atoms with Gasteiger partial charge in [0, 0.05) is 71.2 Å². The Morgan fingerprint density at radius 2 is 1.09 bits per heavy atom. The molecule has 2 aromatic heterocycles. The molecule has 0 saturated heterocycles. The van der Waals surface area contributed by atoms with Crippen LogP contribution < -0.4 is 9.80 Å². The summed E-state index contributed by atoms with van der Waals surface area (Å²) in [5, 5.41) is 1.89. The molecule has 2 aliphatic rings. The number of esters is 2. The van der Waals surface area contributed by atoms with Crippen LogP contribution in [-0.4, -0.2) is 62.0 Å². The largest absolute Gasteiger partial charge is 0.459 e. The summed E-state index contributed by atoms with van der Waals surface area (Å²) < 4.78 is 29.6. The molecule has 0 bridgehead atoms. The van der Waals surface area contributed by atoms with E-state index in [4.69, 9.17) is 23.0 Å². The Bertz CT molecular complexity index is 2140. The summed E-state index contributed by atoms with van der Waals surface area (Å²) in [6.07, 6.45) is -1.44. The van der Waals surface area contributed by atoms with E-state index in [0.717, 1.165) is 69.2 Å². The first-order chi connectivity index (χ1) is 26.9. The number of rotatable bonds is 14. The van der Waals surface area contributed by atoms with Crippen LogP contribution in [0.2, 0.25) is 0 Å². The van der Waals surface area contributed by atoms with Gasteiger partial charge in [0.15, 0.2) is 12.2 Å². The minimum Gasteiger partial charge on any atom is -0.459 e. The summed E-state index contributed by atoms with van der Waals surface area (Å²) in [5.41, 5.74) is 5.75. The Balaban J connectivity index is 0.905. The SMILES string of the molecule is CCOC(Cc1ccc2oc(CN3CCSc4ccccc43)cc2c1)C(=O)OC(=O)C(Cc1ccc2oc(CN3CCSc4ccccc43)cc2c1)OCC. The van der Waals surface area contributed by atoms with E-state index in [1.54, 1.807) is 0 Å². The van der Waals surface area contributed by atoms with Crippen LogP contribution in [0.1, 0.15) is 36.5 Å². The van der Waals surface area contributed by atoms with Crippen LogP contribution in [0, 0.1) is 0 Å². The highest BCUT2D eigenvalue weighted by Gasteiger charge is 2.29. The van der Waals surface area contributed by atoms with Gasteiger partial charge in [0.25, 0.3) is 0 Å². The fraction of sp³-hybridized carbons (Fsp3) is 0.318. The zero-order valence-electron chi connectivity index (χ0n) is 31.0. The highest BCUT2D eigenvalue weighted by Crippen LogP contribution is 2.37. The molecular weight excluding hydrogens is 733 g/mol. The number of benzene rings is 4. The van der Waals surface area contributed by atoms with Gasteiger partial charge in [-0.1, -0.05) is 36.4 Å². The van der Waals surface area contributed by atoms with Crippen molar-refractivity contribution in [2.24, 2.45) is 0 Å². The lowest BCUT2D eigenvalue weighted by Gasteiger charge is -2.29. The van der Waals surface area contributed by atoms with Crippen molar-refractivity contribution in [3.05, 3.63) is 120 Å². The van der Waals surface area contributed by atoms with Gasteiger partial charge in [0.05, 0.1) is 24.5 Å². The molecule has 0 saturated carbocycles. The summed E-state index contributed by atoms with van der Waals surface area (Å²) in [5.74, 6) is 2.33. The average Bonchev–Trinajstić information content (AvgIpc) is 3.80. The van der Waals surface area contributed by atoms with Crippen LogP contribution in [0.5, 0.6) is 0 Å². The maximum atomic E-state index is 13.4. The van der Waals surface area contributed by atoms with Crippen LogP contribution in [0.4, 0.5) is 11.4 Å². The number of hydrogen-bond acceptors (Lipinski definition) is 11. The maximum absolute atomic E-state index is 13.4. The van der Waals surface area contributed by atoms with Crippen molar-refractivity contribution in [3.63, 3.8) is 0 Å². The second-order valence-corrected chi connectivity index (χ2v) is 16.0. The third-order valence-corrected chi connectivity index (χ3v) is 12.0. The molecule has 0 amide bonds. The number of ether oxygens (including phenoxy) is 3. The molecule has 0 aliphatic carbocycles. The van der Waals surface area contributed by atoms with Gasteiger partial charge in [-0.15, -0.1) is 23.5 Å². The molecule has 284 valence electrons. The number of para-hydroxylation sites is 2. The molecule has 2 aliphatic heterocycles. The van der Waals surface area contributed by atoms with Crippen molar-refractivity contribution in [1.82, 2.24) is 0 Å². The first-order valence-corrected chi connectivity index (χ1v) is 20.9. The fourth-order valence-electron chi connectivity index (χ4n) is 7.35. The van der Waals surface area contributed by atoms with E-state index in [1.807, 2.05) is 73.8 Å². The summed E-state index contributed by atoms with van der Waals surface area (Å²) in [7, 11) is 0. The van der Waals surface area contributed by atoms with Gasteiger partial charge in [0.1, 0.15) is 22.7 Å². The first kappa shape index (κ1) is 37.3. The minimum absolute atomic E-state index is 0.244. The number of carbonyl (C=O) groups is 2. The molecule has 55 heavy (non-hydrogen) atoms. The number of thioether (sulfide) groups is 2. The number of hydrogen-bond donors (Lipinski definition) is 0. The number of fused-ring (bicyclic) bond motifs is 4. The smallest absolute Gasteiger partial charge is 0.343 e. The zero-order valence-corrected chi connectivity index (χ0v) is 32.7. The number of furan rings is 2. The lowest BCUT2D eigenvalue weighted by Crippen LogP contribution is -2.36. The van der Waals surface area contributed by atoms with E-state index in [2.05, 4.69) is 70.5 Å². The minimum atomic E-state index is -0.964. The van der Waals surface area contributed by atoms with E-state index in [1.165, 1.54) is 21.2 Å².